The van der Waals surface area contributed by atoms with Gasteiger partial charge >= 0.3 is 0 Å². The van der Waals surface area contributed by atoms with E-state index >= 15 is 0 Å². The molecular weight excluding hydrogens is 260 g/mol. The van der Waals surface area contributed by atoms with Crippen LogP contribution in [0.15, 0.2) is 46.9 Å². The maximum absolute atomic E-state index is 5.81. The van der Waals surface area contributed by atoms with Crippen LogP contribution in [0.3, 0.4) is 0 Å². The van der Waals surface area contributed by atoms with Gasteiger partial charge in [-0.2, -0.15) is 0 Å². The standard InChI is InChI=1S/C18H20N2O/c1-4-19-18(17-10-6-13(3)21-17)15-8-9-16-14(11-15)7-5-12(2)20-16/h5-11,18-19H,4H2,1-3H3. The highest BCUT2D eigenvalue weighted by atomic mass is 16.3. The van der Waals surface area contributed by atoms with Crippen molar-refractivity contribution in [2.24, 2.45) is 0 Å². The van der Waals surface area contributed by atoms with E-state index in [-0.39, 0.29) is 6.04 Å². The van der Waals surface area contributed by atoms with E-state index in [2.05, 4.69) is 41.5 Å². The summed E-state index contributed by atoms with van der Waals surface area (Å²) in [6.07, 6.45) is 0. The molecule has 21 heavy (non-hydrogen) atoms. The quantitative estimate of drug-likeness (QED) is 0.780. The van der Waals surface area contributed by atoms with Gasteiger partial charge in [0, 0.05) is 11.1 Å². The Labute approximate surface area is 125 Å². The first-order valence-corrected chi connectivity index (χ1v) is 7.34. The van der Waals surface area contributed by atoms with E-state index in [1.54, 1.807) is 0 Å². The molecule has 0 aliphatic heterocycles. The first-order valence-electron chi connectivity index (χ1n) is 7.34. The Morgan fingerprint density at radius 1 is 1.10 bits per heavy atom. The topological polar surface area (TPSA) is 38.1 Å². The number of aryl methyl sites for hydroxylation is 2. The third kappa shape index (κ3) is 2.83. The Hall–Kier alpha value is -2.13. The zero-order valence-electron chi connectivity index (χ0n) is 12.7. The number of nitrogens with one attached hydrogen (secondary N) is 1. The Morgan fingerprint density at radius 2 is 1.95 bits per heavy atom. The lowest BCUT2D eigenvalue weighted by atomic mass is 10.0. The van der Waals surface area contributed by atoms with Gasteiger partial charge in [0.05, 0.1) is 11.6 Å². The van der Waals surface area contributed by atoms with Gasteiger partial charge in [-0.3, -0.25) is 4.98 Å². The highest BCUT2D eigenvalue weighted by Crippen LogP contribution is 2.26. The molecule has 0 saturated heterocycles. The SMILES string of the molecule is CCNC(c1ccc2nc(C)ccc2c1)c1ccc(C)o1. The van der Waals surface area contributed by atoms with Crippen molar-refractivity contribution < 1.29 is 4.42 Å². The number of hydrogen-bond acceptors (Lipinski definition) is 3. The molecule has 1 unspecified atom stereocenters. The molecule has 0 aliphatic rings. The fourth-order valence-corrected chi connectivity index (χ4v) is 2.62. The number of furan rings is 1. The molecule has 1 atom stereocenters. The average molecular weight is 280 g/mol. The van der Waals surface area contributed by atoms with E-state index in [0.29, 0.717) is 0 Å². The third-order valence-electron chi connectivity index (χ3n) is 3.64. The Kier molecular flexibility index (Phi) is 3.76. The number of benzene rings is 1. The number of rotatable bonds is 4. The van der Waals surface area contributed by atoms with E-state index in [1.807, 2.05) is 32.0 Å². The molecule has 3 aromatic rings. The molecule has 2 aromatic heterocycles. The lowest BCUT2D eigenvalue weighted by Gasteiger charge is -2.16. The first-order chi connectivity index (χ1) is 10.2. The molecule has 0 aliphatic carbocycles. The second-order valence-electron chi connectivity index (χ2n) is 5.34. The van der Waals surface area contributed by atoms with Crippen LogP contribution >= 0.6 is 0 Å². The molecular formula is C18H20N2O. The Morgan fingerprint density at radius 3 is 2.67 bits per heavy atom. The predicted molar refractivity (Wildman–Crippen MR) is 85.4 cm³/mol. The molecule has 0 amide bonds. The molecule has 1 aromatic carbocycles. The fourth-order valence-electron chi connectivity index (χ4n) is 2.62. The molecule has 3 rings (SSSR count). The first kappa shape index (κ1) is 13.8. The van der Waals surface area contributed by atoms with Crippen molar-refractivity contribution in [2.75, 3.05) is 6.54 Å². The summed E-state index contributed by atoms with van der Waals surface area (Å²) in [5, 5.41) is 4.65. The van der Waals surface area contributed by atoms with Crippen molar-refractivity contribution in [2.45, 2.75) is 26.8 Å². The molecule has 2 heterocycles. The summed E-state index contributed by atoms with van der Waals surface area (Å²) in [4.78, 5) is 4.56. The molecule has 0 radical (unpaired) electrons. The van der Waals surface area contributed by atoms with Crippen molar-refractivity contribution in [1.29, 1.82) is 0 Å². The zero-order valence-corrected chi connectivity index (χ0v) is 12.7. The van der Waals surface area contributed by atoms with Gasteiger partial charge in [-0.05, 0) is 56.3 Å². The molecule has 0 saturated carbocycles. The minimum atomic E-state index is 0.0782. The third-order valence-corrected chi connectivity index (χ3v) is 3.64. The number of fused-ring (bicyclic) bond motifs is 1. The normalized spacial score (nSPS) is 12.7. The molecule has 3 heteroatoms. The summed E-state index contributed by atoms with van der Waals surface area (Å²) in [6.45, 7) is 6.98. The van der Waals surface area contributed by atoms with Crippen molar-refractivity contribution in [3.63, 3.8) is 0 Å². The van der Waals surface area contributed by atoms with Gasteiger partial charge in [0.15, 0.2) is 0 Å². The van der Waals surface area contributed by atoms with Crippen LogP contribution in [0, 0.1) is 13.8 Å². The smallest absolute Gasteiger partial charge is 0.125 e. The summed E-state index contributed by atoms with van der Waals surface area (Å²) >= 11 is 0. The number of nitrogens with zero attached hydrogens (tertiary/aromatic N) is 1. The maximum Gasteiger partial charge on any atom is 0.125 e. The minimum absolute atomic E-state index is 0.0782. The predicted octanol–water partition coefficient (Wildman–Crippen LogP) is 4.14. The number of hydrogen-bond donors (Lipinski definition) is 1. The van der Waals surface area contributed by atoms with Gasteiger partial charge < -0.3 is 9.73 Å². The summed E-state index contributed by atoms with van der Waals surface area (Å²) in [7, 11) is 0. The fraction of sp³-hybridized carbons (Fsp3) is 0.278. The van der Waals surface area contributed by atoms with Gasteiger partial charge in [-0.25, -0.2) is 0 Å². The van der Waals surface area contributed by atoms with Crippen molar-refractivity contribution >= 4 is 10.9 Å². The van der Waals surface area contributed by atoms with Crippen LogP contribution in [0.1, 0.15) is 35.7 Å². The Balaban J connectivity index is 2.04. The summed E-state index contributed by atoms with van der Waals surface area (Å²) < 4.78 is 5.81. The number of pyridine rings is 1. The summed E-state index contributed by atoms with van der Waals surface area (Å²) in [6, 6.07) is 14.7. The van der Waals surface area contributed by atoms with Crippen molar-refractivity contribution in [1.82, 2.24) is 10.3 Å². The molecule has 3 nitrogen and oxygen atoms in total. The van der Waals surface area contributed by atoms with E-state index in [9.17, 15) is 0 Å². The molecule has 0 bridgehead atoms. The van der Waals surface area contributed by atoms with Crippen molar-refractivity contribution in [3.8, 4) is 0 Å². The van der Waals surface area contributed by atoms with Crippen LogP contribution in [-0.4, -0.2) is 11.5 Å². The van der Waals surface area contributed by atoms with E-state index in [4.69, 9.17) is 4.42 Å². The lowest BCUT2D eigenvalue weighted by molar-refractivity contribution is 0.435. The van der Waals surface area contributed by atoms with Crippen LogP contribution in [-0.2, 0) is 0 Å². The highest BCUT2D eigenvalue weighted by Gasteiger charge is 2.16. The van der Waals surface area contributed by atoms with Crippen LogP contribution in [0.5, 0.6) is 0 Å². The van der Waals surface area contributed by atoms with Crippen LogP contribution in [0.2, 0.25) is 0 Å². The van der Waals surface area contributed by atoms with Gasteiger partial charge in [-0.1, -0.05) is 19.1 Å². The van der Waals surface area contributed by atoms with E-state index < -0.39 is 0 Å². The van der Waals surface area contributed by atoms with Gasteiger partial charge in [0.1, 0.15) is 11.5 Å². The zero-order chi connectivity index (χ0) is 14.8. The second-order valence-corrected chi connectivity index (χ2v) is 5.34. The second kappa shape index (κ2) is 5.70. The molecule has 1 N–H and O–H groups in total. The van der Waals surface area contributed by atoms with Gasteiger partial charge in [0.2, 0.25) is 0 Å². The molecule has 108 valence electrons. The van der Waals surface area contributed by atoms with Gasteiger partial charge in [0.25, 0.3) is 0 Å². The van der Waals surface area contributed by atoms with E-state index in [0.717, 1.165) is 34.7 Å². The maximum atomic E-state index is 5.81. The summed E-state index contributed by atoms with van der Waals surface area (Å²) in [5.41, 5.74) is 3.27. The largest absolute Gasteiger partial charge is 0.464 e. The monoisotopic (exact) mass is 280 g/mol. The number of aromatic nitrogens is 1. The van der Waals surface area contributed by atoms with Crippen LogP contribution < -0.4 is 5.32 Å². The van der Waals surface area contributed by atoms with Crippen molar-refractivity contribution in [3.05, 3.63) is 65.2 Å². The lowest BCUT2D eigenvalue weighted by Crippen LogP contribution is -2.21. The van der Waals surface area contributed by atoms with Crippen LogP contribution in [0.25, 0.3) is 10.9 Å². The highest BCUT2D eigenvalue weighted by molar-refractivity contribution is 5.79. The summed E-state index contributed by atoms with van der Waals surface area (Å²) in [5.74, 6) is 1.89. The van der Waals surface area contributed by atoms with Gasteiger partial charge in [-0.15, -0.1) is 0 Å². The minimum Gasteiger partial charge on any atom is -0.464 e. The molecule has 0 fully saturated rings. The average Bonchev–Trinajstić information content (AvgIpc) is 2.90. The molecule has 0 spiro atoms. The van der Waals surface area contributed by atoms with E-state index in [1.165, 1.54) is 5.56 Å². The Bertz CT molecular complexity index is 761. The van der Waals surface area contributed by atoms with Crippen LogP contribution in [0.4, 0.5) is 0 Å².